The van der Waals surface area contributed by atoms with E-state index in [0.29, 0.717) is 5.56 Å². The Morgan fingerprint density at radius 1 is 1.54 bits per heavy atom. The van der Waals surface area contributed by atoms with Gasteiger partial charge < -0.3 is 16.6 Å². The number of rotatable bonds is 2. The summed E-state index contributed by atoms with van der Waals surface area (Å²) in [6.45, 7) is -0.302. The summed E-state index contributed by atoms with van der Waals surface area (Å²) in [5, 5.41) is 8.96. The molecule has 1 atom stereocenters. The Morgan fingerprint density at radius 2 is 2.15 bits per heavy atom. The van der Waals surface area contributed by atoms with Crippen molar-refractivity contribution in [3.63, 3.8) is 0 Å². The topological polar surface area (TPSA) is 72.3 Å². The van der Waals surface area contributed by atoms with Crippen molar-refractivity contribution >= 4 is 17.3 Å². The van der Waals surface area contributed by atoms with Crippen LogP contribution in [0.4, 0.5) is 10.1 Å². The van der Waals surface area contributed by atoms with Crippen molar-refractivity contribution < 1.29 is 9.50 Å². The molecule has 5 heteroatoms. The van der Waals surface area contributed by atoms with E-state index in [-0.39, 0.29) is 17.3 Å². The fourth-order valence-electron chi connectivity index (χ4n) is 1.01. The Kier molecular flexibility index (Phi) is 3.08. The lowest BCUT2D eigenvalue weighted by atomic mass is 10.1. The molecule has 0 amide bonds. The molecule has 0 heterocycles. The number of aliphatic hydroxyl groups is 1. The molecule has 0 unspecified atom stereocenters. The van der Waals surface area contributed by atoms with Crippen LogP contribution in [-0.4, -0.2) is 11.7 Å². The van der Waals surface area contributed by atoms with Crippen molar-refractivity contribution in [2.75, 3.05) is 12.3 Å². The van der Waals surface area contributed by atoms with Gasteiger partial charge in [-0.1, -0.05) is 11.6 Å². The first-order chi connectivity index (χ1) is 6.06. The van der Waals surface area contributed by atoms with Crippen LogP contribution < -0.4 is 11.5 Å². The number of benzene rings is 1. The van der Waals surface area contributed by atoms with Gasteiger partial charge in [-0.25, -0.2) is 4.39 Å². The number of halogens is 2. The van der Waals surface area contributed by atoms with Gasteiger partial charge in [-0.2, -0.15) is 0 Å². The van der Waals surface area contributed by atoms with Crippen molar-refractivity contribution in [1.82, 2.24) is 0 Å². The summed E-state index contributed by atoms with van der Waals surface area (Å²) in [7, 11) is 0. The first-order valence-corrected chi connectivity index (χ1v) is 4.05. The second kappa shape index (κ2) is 3.91. The maximum absolute atomic E-state index is 13.0. The summed E-state index contributed by atoms with van der Waals surface area (Å²) in [4.78, 5) is 0. The lowest BCUT2D eigenvalue weighted by Gasteiger charge is -2.12. The molecule has 0 aliphatic carbocycles. The van der Waals surface area contributed by atoms with Crippen LogP contribution in [0.15, 0.2) is 12.1 Å². The molecule has 0 bridgehead atoms. The van der Waals surface area contributed by atoms with Crippen LogP contribution in [0.5, 0.6) is 0 Å². The van der Waals surface area contributed by atoms with Crippen LogP contribution in [0.2, 0.25) is 5.02 Å². The lowest BCUT2D eigenvalue weighted by molar-refractivity contribution is 0.268. The predicted octanol–water partition coefficient (Wildman–Crippen LogP) is 1.05. The standard InChI is InChI=1S/C8H10ClFN2O/c9-4-1-5(7(11)3-13)8(12)6(10)2-4/h1-2,7,13H,3,11-12H2/t7-/m0/s1. The predicted molar refractivity (Wildman–Crippen MR) is 49.8 cm³/mol. The smallest absolute Gasteiger partial charge is 0.147 e. The molecule has 72 valence electrons. The Labute approximate surface area is 80.1 Å². The Morgan fingerprint density at radius 3 is 2.69 bits per heavy atom. The van der Waals surface area contributed by atoms with Gasteiger partial charge in [0.05, 0.1) is 18.3 Å². The number of anilines is 1. The minimum absolute atomic E-state index is 0.0639. The average molecular weight is 205 g/mol. The summed E-state index contributed by atoms with van der Waals surface area (Å²) in [5.41, 5.74) is 11.1. The Hall–Kier alpha value is -0.840. The number of hydrogen-bond donors (Lipinski definition) is 3. The highest BCUT2D eigenvalue weighted by Crippen LogP contribution is 2.25. The molecule has 0 radical (unpaired) electrons. The summed E-state index contributed by atoms with van der Waals surface area (Å²) in [5.74, 6) is -0.619. The van der Waals surface area contributed by atoms with Gasteiger partial charge in [0.2, 0.25) is 0 Å². The highest BCUT2D eigenvalue weighted by Gasteiger charge is 2.12. The summed E-state index contributed by atoms with van der Waals surface area (Å²) < 4.78 is 13.0. The highest BCUT2D eigenvalue weighted by atomic mass is 35.5. The van der Waals surface area contributed by atoms with Crippen LogP contribution in [0.1, 0.15) is 11.6 Å². The minimum Gasteiger partial charge on any atom is -0.396 e. The number of aliphatic hydroxyl groups excluding tert-OH is 1. The molecule has 0 saturated heterocycles. The molecule has 0 fully saturated rings. The van der Waals surface area contributed by atoms with Gasteiger partial charge in [-0.3, -0.25) is 0 Å². The molecule has 1 rings (SSSR count). The van der Waals surface area contributed by atoms with Crippen LogP contribution in [0.3, 0.4) is 0 Å². The quantitative estimate of drug-likeness (QED) is 0.631. The first-order valence-electron chi connectivity index (χ1n) is 3.67. The van der Waals surface area contributed by atoms with Crippen LogP contribution in [0.25, 0.3) is 0 Å². The molecular formula is C8H10ClFN2O. The van der Waals surface area contributed by atoms with Crippen LogP contribution >= 0.6 is 11.6 Å². The Bertz CT molecular complexity index is 319. The highest BCUT2D eigenvalue weighted by molar-refractivity contribution is 6.30. The van der Waals surface area contributed by atoms with E-state index in [9.17, 15) is 4.39 Å². The third kappa shape index (κ3) is 2.09. The van der Waals surface area contributed by atoms with E-state index in [0.717, 1.165) is 6.07 Å². The largest absolute Gasteiger partial charge is 0.396 e. The molecule has 0 aliphatic rings. The van der Waals surface area contributed by atoms with Crippen molar-refractivity contribution in [3.05, 3.63) is 28.5 Å². The van der Waals surface area contributed by atoms with Gasteiger partial charge >= 0.3 is 0 Å². The van der Waals surface area contributed by atoms with Gasteiger partial charge in [-0.15, -0.1) is 0 Å². The molecule has 0 spiro atoms. The van der Waals surface area contributed by atoms with E-state index in [1.54, 1.807) is 0 Å². The van der Waals surface area contributed by atoms with Crippen molar-refractivity contribution in [2.24, 2.45) is 5.73 Å². The summed E-state index contributed by atoms with van der Waals surface area (Å²) in [6.07, 6.45) is 0. The van der Waals surface area contributed by atoms with E-state index in [4.69, 9.17) is 28.2 Å². The number of hydrogen-bond acceptors (Lipinski definition) is 3. The lowest BCUT2D eigenvalue weighted by Crippen LogP contribution is -2.17. The molecule has 3 nitrogen and oxygen atoms in total. The second-order valence-corrected chi connectivity index (χ2v) is 3.12. The third-order valence-corrected chi connectivity index (χ3v) is 1.94. The molecule has 13 heavy (non-hydrogen) atoms. The van der Waals surface area contributed by atoms with E-state index < -0.39 is 11.9 Å². The third-order valence-electron chi connectivity index (χ3n) is 1.72. The fraction of sp³-hybridized carbons (Fsp3) is 0.250. The molecule has 0 aromatic heterocycles. The van der Waals surface area contributed by atoms with Crippen LogP contribution in [-0.2, 0) is 0 Å². The first kappa shape index (κ1) is 10.2. The number of nitrogens with two attached hydrogens (primary N) is 2. The molecule has 0 aliphatic heterocycles. The minimum atomic E-state index is -0.701. The zero-order valence-electron chi connectivity index (χ0n) is 6.80. The van der Waals surface area contributed by atoms with E-state index >= 15 is 0 Å². The zero-order valence-corrected chi connectivity index (χ0v) is 7.55. The van der Waals surface area contributed by atoms with Crippen LogP contribution in [0, 0.1) is 5.82 Å². The normalized spacial score (nSPS) is 12.9. The van der Waals surface area contributed by atoms with Gasteiger partial charge in [-0.05, 0) is 17.7 Å². The van der Waals surface area contributed by atoms with Gasteiger partial charge in [0.1, 0.15) is 5.82 Å². The molecular weight excluding hydrogens is 195 g/mol. The zero-order chi connectivity index (χ0) is 10.0. The summed E-state index contributed by atoms with van der Waals surface area (Å²) >= 11 is 5.59. The average Bonchev–Trinajstić information content (AvgIpc) is 2.10. The van der Waals surface area contributed by atoms with Crippen molar-refractivity contribution in [2.45, 2.75) is 6.04 Å². The van der Waals surface area contributed by atoms with Gasteiger partial charge in [0.15, 0.2) is 0 Å². The Balaban J connectivity index is 3.20. The van der Waals surface area contributed by atoms with E-state index in [1.807, 2.05) is 0 Å². The molecule has 0 saturated carbocycles. The van der Waals surface area contributed by atoms with Crippen molar-refractivity contribution in [3.8, 4) is 0 Å². The molecule has 1 aromatic carbocycles. The van der Waals surface area contributed by atoms with Gasteiger partial charge in [0, 0.05) is 5.02 Å². The van der Waals surface area contributed by atoms with E-state index in [2.05, 4.69) is 0 Å². The van der Waals surface area contributed by atoms with Gasteiger partial charge in [0.25, 0.3) is 0 Å². The van der Waals surface area contributed by atoms with E-state index in [1.165, 1.54) is 6.07 Å². The summed E-state index contributed by atoms with van der Waals surface area (Å²) in [6, 6.07) is 1.85. The maximum atomic E-state index is 13.0. The monoisotopic (exact) mass is 204 g/mol. The fourth-order valence-corrected chi connectivity index (χ4v) is 1.22. The maximum Gasteiger partial charge on any atom is 0.147 e. The van der Waals surface area contributed by atoms with Crippen molar-refractivity contribution in [1.29, 1.82) is 0 Å². The second-order valence-electron chi connectivity index (χ2n) is 2.68. The number of nitrogen functional groups attached to an aromatic ring is 1. The molecule has 1 aromatic rings. The molecule has 5 N–H and O–H groups in total. The SMILES string of the molecule is Nc1c(F)cc(Cl)cc1[C@@H](N)CO.